The second-order valence-electron chi connectivity index (χ2n) is 5.74. The standard InChI is InChI=1S/C13H21N3O/c1-13(6-2-3-7-13)12-16-15-11(17-12)10-4-8-14-9-5-10/h10,14H,2-9H2,1H3. The Kier molecular flexibility index (Phi) is 2.90. The topological polar surface area (TPSA) is 51.0 Å². The van der Waals surface area contributed by atoms with Crippen LogP contribution in [0.4, 0.5) is 0 Å². The minimum Gasteiger partial charge on any atom is -0.424 e. The zero-order valence-electron chi connectivity index (χ0n) is 10.5. The van der Waals surface area contributed by atoms with Gasteiger partial charge in [0.05, 0.1) is 0 Å². The lowest BCUT2D eigenvalue weighted by atomic mass is 9.89. The second-order valence-corrected chi connectivity index (χ2v) is 5.74. The molecule has 1 aromatic heterocycles. The fourth-order valence-corrected chi connectivity index (χ4v) is 3.08. The molecule has 3 rings (SSSR count). The molecule has 2 aliphatic rings. The van der Waals surface area contributed by atoms with Crippen molar-refractivity contribution in [2.75, 3.05) is 13.1 Å². The summed E-state index contributed by atoms with van der Waals surface area (Å²) in [5, 5.41) is 12.0. The van der Waals surface area contributed by atoms with Crippen LogP contribution < -0.4 is 5.32 Å². The van der Waals surface area contributed by atoms with Crippen molar-refractivity contribution in [2.45, 2.75) is 56.8 Å². The summed E-state index contributed by atoms with van der Waals surface area (Å²) in [6.07, 6.45) is 7.22. The highest BCUT2D eigenvalue weighted by molar-refractivity contribution is 5.06. The first-order valence-corrected chi connectivity index (χ1v) is 6.82. The number of hydrogen-bond donors (Lipinski definition) is 1. The van der Waals surface area contributed by atoms with Crippen LogP contribution in [0.3, 0.4) is 0 Å². The fraction of sp³-hybridized carbons (Fsp3) is 0.846. The van der Waals surface area contributed by atoms with E-state index in [1.54, 1.807) is 0 Å². The summed E-state index contributed by atoms with van der Waals surface area (Å²) >= 11 is 0. The lowest BCUT2D eigenvalue weighted by molar-refractivity contribution is 0.309. The first kappa shape index (κ1) is 11.2. The lowest BCUT2D eigenvalue weighted by Gasteiger charge is -2.20. The maximum Gasteiger partial charge on any atom is 0.222 e. The van der Waals surface area contributed by atoms with E-state index in [4.69, 9.17) is 4.42 Å². The summed E-state index contributed by atoms with van der Waals surface area (Å²) < 4.78 is 5.96. The fourth-order valence-electron chi connectivity index (χ4n) is 3.08. The Morgan fingerprint density at radius 2 is 1.88 bits per heavy atom. The average Bonchev–Trinajstić information content (AvgIpc) is 2.99. The molecule has 1 aromatic rings. The van der Waals surface area contributed by atoms with Crippen molar-refractivity contribution in [2.24, 2.45) is 0 Å². The average molecular weight is 235 g/mol. The van der Waals surface area contributed by atoms with E-state index in [-0.39, 0.29) is 5.41 Å². The van der Waals surface area contributed by atoms with Crippen molar-refractivity contribution in [1.82, 2.24) is 15.5 Å². The summed E-state index contributed by atoms with van der Waals surface area (Å²) in [6, 6.07) is 0. The summed E-state index contributed by atoms with van der Waals surface area (Å²) in [7, 11) is 0. The Hall–Kier alpha value is -0.900. The molecule has 0 atom stereocenters. The third-order valence-corrected chi connectivity index (χ3v) is 4.35. The van der Waals surface area contributed by atoms with Crippen molar-refractivity contribution >= 4 is 0 Å². The molecule has 0 unspecified atom stereocenters. The van der Waals surface area contributed by atoms with Crippen LogP contribution in [-0.4, -0.2) is 23.3 Å². The van der Waals surface area contributed by atoms with Gasteiger partial charge in [-0.2, -0.15) is 0 Å². The number of hydrogen-bond acceptors (Lipinski definition) is 4. The molecule has 0 radical (unpaired) electrons. The molecule has 4 heteroatoms. The molecule has 94 valence electrons. The highest BCUT2D eigenvalue weighted by Crippen LogP contribution is 2.40. The minimum absolute atomic E-state index is 0.151. The van der Waals surface area contributed by atoms with Gasteiger partial charge >= 0.3 is 0 Å². The van der Waals surface area contributed by atoms with Crippen LogP contribution >= 0.6 is 0 Å². The van der Waals surface area contributed by atoms with E-state index in [0.717, 1.165) is 37.7 Å². The van der Waals surface area contributed by atoms with Crippen molar-refractivity contribution in [3.8, 4) is 0 Å². The number of nitrogens with one attached hydrogen (secondary N) is 1. The van der Waals surface area contributed by atoms with Gasteiger partial charge in [-0.1, -0.05) is 19.8 Å². The summed E-state index contributed by atoms with van der Waals surface area (Å²) in [5.41, 5.74) is 0.151. The van der Waals surface area contributed by atoms with E-state index < -0.39 is 0 Å². The van der Waals surface area contributed by atoms with Crippen molar-refractivity contribution < 1.29 is 4.42 Å². The highest BCUT2D eigenvalue weighted by atomic mass is 16.4. The third kappa shape index (κ3) is 2.10. The first-order chi connectivity index (χ1) is 8.28. The molecule has 4 nitrogen and oxygen atoms in total. The van der Waals surface area contributed by atoms with Crippen LogP contribution in [0.2, 0.25) is 0 Å². The molecule has 1 saturated heterocycles. The van der Waals surface area contributed by atoms with Crippen molar-refractivity contribution in [1.29, 1.82) is 0 Å². The van der Waals surface area contributed by atoms with E-state index in [2.05, 4.69) is 22.4 Å². The van der Waals surface area contributed by atoms with Crippen LogP contribution in [0.1, 0.15) is 63.1 Å². The van der Waals surface area contributed by atoms with Gasteiger partial charge in [0.15, 0.2) is 0 Å². The molecule has 1 saturated carbocycles. The van der Waals surface area contributed by atoms with E-state index in [0.29, 0.717) is 5.92 Å². The van der Waals surface area contributed by atoms with Gasteiger partial charge in [0.2, 0.25) is 11.8 Å². The SMILES string of the molecule is CC1(c2nnc(C3CCNCC3)o2)CCCC1. The summed E-state index contributed by atoms with van der Waals surface area (Å²) in [6.45, 7) is 4.40. The van der Waals surface area contributed by atoms with Gasteiger partial charge in [0.1, 0.15) is 0 Å². The van der Waals surface area contributed by atoms with E-state index in [1.165, 1.54) is 25.7 Å². The maximum atomic E-state index is 5.96. The number of piperidine rings is 1. The molecular weight excluding hydrogens is 214 g/mol. The monoisotopic (exact) mass is 235 g/mol. The zero-order chi connectivity index (χ0) is 11.7. The van der Waals surface area contributed by atoms with E-state index in [1.807, 2.05) is 0 Å². The Bertz CT molecular complexity index is 376. The number of rotatable bonds is 2. The second kappa shape index (κ2) is 4.41. The Morgan fingerprint density at radius 1 is 1.18 bits per heavy atom. The molecule has 1 N–H and O–H groups in total. The molecular formula is C13H21N3O. The van der Waals surface area contributed by atoms with Crippen LogP contribution in [-0.2, 0) is 5.41 Å². The number of aromatic nitrogens is 2. The summed E-state index contributed by atoms with van der Waals surface area (Å²) in [5.74, 6) is 2.22. The van der Waals surface area contributed by atoms with Crippen LogP contribution in [0, 0.1) is 0 Å². The van der Waals surface area contributed by atoms with Crippen LogP contribution in [0.15, 0.2) is 4.42 Å². The maximum absolute atomic E-state index is 5.96. The Morgan fingerprint density at radius 3 is 2.59 bits per heavy atom. The first-order valence-electron chi connectivity index (χ1n) is 6.82. The van der Waals surface area contributed by atoms with Crippen LogP contribution in [0.5, 0.6) is 0 Å². The molecule has 1 aliphatic carbocycles. The van der Waals surface area contributed by atoms with Crippen LogP contribution in [0.25, 0.3) is 0 Å². The molecule has 0 bridgehead atoms. The predicted octanol–water partition coefficient (Wildman–Crippen LogP) is 2.37. The van der Waals surface area contributed by atoms with Gasteiger partial charge in [-0.05, 0) is 38.8 Å². The molecule has 17 heavy (non-hydrogen) atoms. The zero-order valence-corrected chi connectivity index (χ0v) is 10.5. The van der Waals surface area contributed by atoms with Gasteiger partial charge in [0, 0.05) is 11.3 Å². The molecule has 1 aliphatic heterocycles. The normalized spacial score (nSPS) is 25.2. The van der Waals surface area contributed by atoms with Crippen molar-refractivity contribution in [3.05, 3.63) is 11.8 Å². The number of nitrogens with zero attached hydrogens (tertiary/aromatic N) is 2. The molecule has 2 fully saturated rings. The quantitative estimate of drug-likeness (QED) is 0.855. The predicted molar refractivity (Wildman–Crippen MR) is 65.0 cm³/mol. The van der Waals surface area contributed by atoms with Gasteiger partial charge in [-0.3, -0.25) is 0 Å². The largest absolute Gasteiger partial charge is 0.424 e. The summed E-state index contributed by atoms with van der Waals surface area (Å²) in [4.78, 5) is 0. The smallest absolute Gasteiger partial charge is 0.222 e. The van der Waals surface area contributed by atoms with E-state index in [9.17, 15) is 0 Å². The van der Waals surface area contributed by atoms with Gasteiger partial charge in [0.25, 0.3) is 0 Å². The van der Waals surface area contributed by atoms with Gasteiger partial charge in [-0.25, -0.2) is 0 Å². The van der Waals surface area contributed by atoms with Crippen molar-refractivity contribution in [3.63, 3.8) is 0 Å². The third-order valence-electron chi connectivity index (χ3n) is 4.35. The Labute approximate surface area is 102 Å². The lowest BCUT2D eigenvalue weighted by Crippen LogP contribution is -2.26. The Balaban J connectivity index is 1.77. The molecule has 0 aromatic carbocycles. The molecule has 2 heterocycles. The molecule has 0 amide bonds. The minimum atomic E-state index is 0.151. The molecule has 0 spiro atoms. The van der Waals surface area contributed by atoms with Gasteiger partial charge in [-0.15, -0.1) is 10.2 Å². The van der Waals surface area contributed by atoms with E-state index >= 15 is 0 Å². The van der Waals surface area contributed by atoms with Gasteiger partial charge < -0.3 is 9.73 Å². The highest BCUT2D eigenvalue weighted by Gasteiger charge is 2.36.